The summed E-state index contributed by atoms with van der Waals surface area (Å²) in [4.78, 5) is 27.1. The summed E-state index contributed by atoms with van der Waals surface area (Å²) in [5.41, 5.74) is 3.57. The lowest BCUT2D eigenvalue weighted by molar-refractivity contribution is -0.131. The second-order valence-corrected chi connectivity index (χ2v) is 8.15. The molecule has 3 rings (SSSR count). The van der Waals surface area contributed by atoms with Gasteiger partial charge in [-0.05, 0) is 37.8 Å². The van der Waals surface area contributed by atoms with Crippen LogP contribution in [0, 0.1) is 6.92 Å². The first-order valence-corrected chi connectivity index (χ1v) is 10.7. The quantitative estimate of drug-likeness (QED) is 0.807. The molecule has 0 spiro atoms. The second kappa shape index (κ2) is 9.72. The van der Waals surface area contributed by atoms with Crippen molar-refractivity contribution in [1.82, 2.24) is 20.0 Å². The zero-order chi connectivity index (χ0) is 20.8. The van der Waals surface area contributed by atoms with Gasteiger partial charge in [0.1, 0.15) is 0 Å². The molecule has 1 aromatic carbocycles. The normalized spacial score (nSPS) is 14.7. The molecule has 1 saturated heterocycles. The number of hydrogen-bond donors (Lipinski definition) is 1. The highest BCUT2D eigenvalue weighted by molar-refractivity contribution is 5.95. The summed E-state index contributed by atoms with van der Waals surface area (Å²) in [7, 11) is 0. The number of amides is 2. The molecule has 2 amide bonds. The summed E-state index contributed by atoms with van der Waals surface area (Å²) in [6.07, 6.45) is 6.52. The number of carbonyl (C=O) groups is 2. The molecular formula is C23H32N4O2. The molecular weight excluding hydrogens is 364 g/mol. The molecule has 0 bridgehead atoms. The van der Waals surface area contributed by atoms with Gasteiger partial charge in [-0.25, -0.2) is 4.68 Å². The Kier molecular flexibility index (Phi) is 7.07. The van der Waals surface area contributed by atoms with Crippen LogP contribution in [0.1, 0.15) is 73.5 Å². The van der Waals surface area contributed by atoms with E-state index in [1.807, 2.05) is 40.8 Å². The molecule has 1 N–H and O–H groups in total. The first kappa shape index (κ1) is 21.1. The molecule has 0 radical (unpaired) electrons. The minimum atomic E-state index is -0.171. The summed E-state index contributed by atoms with van der Waals surface area (Å²) in [5.74, 6) is 0.0978. The van der Waals surface area contributed by atoms with E-state index in [1.165, 1.54) is 18.4 Å². The minimum Gasteiger partial charge on any atom is -0.351 e. The summed E-state index contributed by atoms with van der Waals surface area (Å²) >= 11 is 0. The fourth-order valence-electron chi connectivity index (χ4n) is 3.84. The average Bonchev–Trinajstić information content (AvgIpc) is 2.96. The van der Waals surface area contributed by atoms with Crippen LogP contribution in [0.3, 0.4) is 0 Å². The lowest BCUT2D eigenvalue weighted by Crippen LogP contribution is -2.35. The molecule has 6 nitrogen and oxygen atoms in total. The number of nitrogens with zero attached hydrogens (tertiary/aromatic N) is 3. The second-order valence-electron chi connectivity index (χ2n) is 8.15. The lowest BCUT2D eigenvalue weighted by atomic mass is 10.0. The molecule has 29 heavy (non-hydrogen) atoms. The highest BCUT2D eigenvalue weighted by Crippen LogP contribution is 2.23. The van der Waals surface area contributed by atoms with E-state index >= 15 is 0 Å². The number of aryl methyl sites for hydroxylation is 1. The van der Waals surface area contributed by atoms with Gasteiger partial charge in [-0.3, -0.25) is 9.59 Å². The molecule has 1 aliphatic rings. The van der Waals surface area contributed by atoms with Gasteiger partial charge < -0.3 is 10.2 Å². The summed E-state index contributed by atoms with van der Waals surface area (Å²) in [6, 6.07) is 8.09. The Bertz CT molecular complexity index is 831. The smallest absolute Gasteiger partial charge is 0.254 e. The monoisotopic (exact) mass is 396 g/mol. The van der Waals surface area contributed by atoms with Crippen molar-refractivity contribution in [2.75, 3.05) is 19.6 Å². The van der Waals surface area contributed by atoms with E-state index in [-0.39, 0.29) is 17.7 Å². The van der Waals surface area contributed by atoms with Crippen molar-refractivity contribution in [2.24, 2.45) is 0 Å². The van der Waals surface area contributed by atoms with Crippen molar-refractivity contribution in [3.63, 3.8) is 0 Å². The number of likely N-dealkylation sites (tertiary alicyclic amines) is 1. The van der Waals surface area contributed by atoms with Gasteiger partial charge in [0, 0.05) is 26.1 Å². The maximum atomic E-state index is 12.8. The number of rotatable bonds is 6. The first-order chi connectivity index (χ1) is 14.0. The number of benzene rings is 1. The van der Waals surface area contributed by atoms with Crippen LogP contribution in [-0.2, 0) is 4.79 Å². The Morgan fingerprint density at radius 3 is 2.34 bits per heavy atom. The third kappa shape index (κ3) is 5.25. The minimum absolute atomic E-state index is 0.131. The van der Waals surface area contributed by atoms with Crippen LogP contribution < -0.4 is 5.32 Å². The van der Waals surface area contributed by atoms with Gasteiger partial charge in [0.05, 0.1) is 23.1 Å². The third-order valence-electron chi connectivity index (χ3n) is 5.46. The van der Waals surface area contributed by atoms with Gasteiger partial charge in [-0.2, -0.15) is 5.10 Å². The Labute approximate surface area is 173 Å². The Morgan fingerprint density at radius 1 is 1.07 bits per heavy atom. The molecule has 0 aliphatic carbocycles. The Hall–Kier alpha value is -2.63. The van der Waals surface area contributed by atoms with Crippen LogP contribution >= 0.6 is 0 Å². The van der Waals surface area contributed by atoms with E-state index in [0.29, 0.717) is 18.5 Å². The van der Waals surface area contributed by atoms with Crippen molar-refractivity contribution in [2.45, 2.75) is 58.8 Å². The SMILES string of the molecule is Cc1ccc(-n2ncc(C(=O)NCCC(=O)N3CCCCCC3)c2C(C)C)cc1. The first-order valence-electron chi connectivity index (χ1n) is 10.7. The summed E-state index contributed by atoms with van der Waals surface area (Å²) < 4.78 is 1.83. The van der Waals surface area contributed by atoms with Crippen LogP contribution in [0.5, 0.6) is 0 Å². The predicted octanol–water partition coefficient (Wildman–Crippen LogP) is 3.83. The highest BCUT2D eigenvalue weighted by atomic mass is 16.2. The van der Waals surface area contributed by atoms with Crippen LogP contribution in [0.15, 0.2) is 30.5 Å². The molecule has 0 saturated carbocycles. The number of hydrogen-bond acceptors (Lipinski definition) is 3. The fourth-order valence-corrected chi connectivity index (χ4v) is 3.84. The summed E-state index contributed by atoms with van der Waals surface area (Å²) in [6.45, 7) is 8.19. The number of carbonyl (C=O) groups excluding carboxylic acids is 2. The average molecular weight is 397 g/mol. The molecule has 2 aromatic rings. The lowest BCUT2D eigenvalue weighted by Gasteiger charge is -2.20. The van der Waals surface area contributed by atoms with Crippen molar-refractivity contribution < 1.29 is 9.59 Å². The molecule has 156 valence electrons. The molecule has 1 aromatic heterocycles. The molecule has 0 atom stereocenters. The van der Waals surface area contributed by atoms with Gasteiger partial charge in [0.15, 0.2) is 0 Å². The standard InChI is InChI=1S/C23H32N4O2/c1-17(2)22-20(16-25-27(22)19-10-8-18(3)9-11-19)23(29)24-13-12-21(28)26-14-6-4-5-7-15-26/h8-11,16-17H,4-7,12-15H2,1-3H3,(H,24,29). The van der Waals surface area contributed by atoms with Crippen molar-refractivity contribution in [3.05, 3.63) is 47.3 Å². The van der Waals surface area contributed by atoms with E-state index in [4.69, 9.17) is 0 Å². The molecule has 1 fully saturated rings. The highest BCUT2D eigenvalue weighted by Gasteiger charge is 2.21. The van der Waals surface area contributed by atoms with E-state index in [2.05, 4.69) is 24.3 Å². The third-order valence-corrected chi connectivity index (χ3v) is 5.46. The molecule has 1 aliphatic heterocycles. The van der Waals surface area contributed by atoms with Crippen LogP contribution in [0.4, 0.5) is 0 Å². The number of nitrogens with one attached hydrogen (secondary N) is 1. The van der Waals surface area contributed by atoms with Crippen LogP contribution in [0.25, 0.3) is 5.69 Å². The van der Waals surface area contributed by atoms with E-state index < -0.39 is 0 Å². The van der Waals surface area contributed by atoms with Gasteiger partial charge in [0.2, 0.25) is 5.91 Å². The summed E-state index contributed by atoms with van der Waals surface area (Å²) in [5, 5.41) is 7.38. The Balaban J connectivity index is 1.64. The van der Waals surface area contributed by atoms with Crippen LogP contribution in [-0.4, -0.2) is 46.1 Å². The molecule has 2 heterocycles. The maximum Gasteiger partial charge on any atom is 0.254 e. The van der Waals surface area contributed by atoms with Gasteiger partial charge in [-0.15, -0.1) is 0 Å². The fraction of sp³-hybridized carbons (Fsp3) is 0.522. The van der Waals surface area contributed by atoms with Gasteiger partial charge >= 0.3 is 0 Å². The Morgan fingerprint density at radius 2 is 1.72 bits per heavy atom. The van der Waals surface area contributed by atoms with E-state index in [0.717, 1.165) is 37.3 Å². The topological polar surface area (TPSA) is 67.2 Å². The van der Waals surface area contributed by atoms with E-state index in [9.17, 15) is 9.59 Å². The van der Waals surface area contributed by atoms with Crippen molar-refractivity contribution in [1.29, 1.82) is 0 Å². The zero-order valence-corrected chi connectivity index (χ0v) is 17.8. The van der Waals surface area contributed by atoms with Crippen molar-refractivity contribution >= 4 is 11.8 Å². The molecule has 6 heteroatoms. The molecule has 0 unspecified atom stereocenters. The van der Waals surface area contributed by atoms with Gasteiger partial charge in [0.25, 0.3) is 5.91 Å². The predicted molar refractivity (Wildman–Crippen MR) is 114 cm³/mol. The van der Waals surface area contributed by atoms with Crippen molar-refractivity contribution in [3.8, 4) is 5.69 Å². The maximum absolute atomic E-state index is 12.8. The van der Waals surface area contributed by atoms with E-state index in [1.54, 1.807) is 6.20 Å². The van der Waals surface area contributed by atoms with Gasteiger partial charge in [-0.1, -0.05) is 44.4 Å². The largest absolute Gasteiger partial charge is 0.351 e. The van der Waals surface area contributed by atoms with Crippen LogP contribution in [0.2, 0.25) is 0 Å². The number of aromatic nitrogens is 2. The zero-order valence-electron chi connectivity index (χ0n) is 17.8.